The monoisotopic (exact) mass is 307 g/mol. The zero-order valence-electron chi connectivity index (χ0n) is 11.8. The molecule has 0 bridgehead atoms. The van der Waals surface area contributed by atoms with Crippen molar-refractivity contribution in [1.29, 1.82) is 0 Å². The van der Waals surface area contributed by atoms with Crippen LogP contribution in [0, 0.1) is 0 Å². The summed E-state index contributed by atoms with van der Waals surface area (Å²) in [5.74, 6) is 1.45. The highest BCUT2D eigenvalue weighted by Crippen LogP contribution is 2.35. The van der Waals surface area contributed by atoms with Gasteiger partial charge < -0.3 is 15.2 Å². The van der Waals surface area contributed by atoms with Gasteiger partial charge in [0.25, 0.3) is 0 Å². The number of aryl methyl sites for hydroxylation is 1. The standard InChI is InChI=1S/C15H18ClN3O2/c1-2-7-19-15(10(16)8-18-19)14(17)13-9-20-11-5-3-4-6-12(11)21-13/h3-6,8,13-14H,2,7,9,17H2,1H3. The predicted octanol–water partition coefficient (Wildman–Crippen LogP) is 2.79. The maximum Gasteiger partial charge on any atom is 0.161 e. The normalized spacial score (nSPS) is 18.5. The maximum absolute atomic E-state index is 6.35. The summed E-state index contributed by atoms with van der Waals surface area (Å²) in [6.07, 6.45) is 2.30. The van der Waals surface area contributed by atoms with Gasteiger partial charge in [0.2, 0.25) is 0 Å². The summed E-state index contributed by atoms with van der Waals surface area (Å²) in [6.45, 7) is 3.26. The number of para-hydroxylation sites is 2. The van der Waals surface area contributed by atoms with E-state index in [0.29, 0.717) is 17.4 Å². The number of aromatic nitrogens is 2. The minimum atomic E-state index is -0.389. The Morgan fingerprint density at radius 3 is 2.95 bits per heavy atom. The Bertz CT molecular complexity index is 629. The second kappa shape index (κ2) is 5.95. The van der Waals surface area contributed by atoms with E-state index < -0.39 is 0 Å². The fraction of sp³-hybridized carbons (Fsp3) is 0.400. The number of benzene rings is 1. The fourth-order valence-corrected chi connectivity index (χ4v) is 2.75. The minimum absolute atomic E-state index is 0.287. The van der Waals surface area contributed by atoms with Crippen LogP contribution in [-0.4, -0.2) is 22.5 Å². The summed E-state index contributed by atoms with van der Waals surface area (Å²) in [7, 11) is 0. The van der Waals surface area contributed by atoms with E-state index in [4.69, 9.17) is 26.8 Å². The highest BCUT2D eigenvalue weighted by atomic mass is 35.5. The number of nitrogens with zero attached hydrogens (tertiary/aromatic N) is 2. The van der Waals surface area contributed by atoms with E-state index in [1.165, 1.54) is 0 Å². The van der Waals surface area contributed by atoms with Crippen LogP contribution in [-0.2, 0) is 6.54 Å². The van der Waals surface area contributed by atoms with Gasteiger partial charge in [-0.15, -0.1) is 0 Å². The molecule has 2 unspecified atom stereocenters. The van der Waals surface area contributed by atoms with Crippen LogP contribution in [0.25, 0.3) is 0 Å². The van der Waals surface area contributed by atoms with Crippen molar-refractivity contribution in [2.24, 2.45) is 5.73 Å². The minimum Gasteiger partial charge on any atom is -0.486 e. The van der Waals surface area contributed by atoms with Gasteiger partial charge in [-0.1, -0.05) is 30.7 Å². The average molecular weight is 308 g/mol. The molecule has 1 aliphatic rings. The lowest BCUT2D eigenvalue weighted by atomic mass is 10.1. The topological polar surface area (TPSA) is 62.3 Å². The highest BCUT2D eigenvalue weighted by Gasteiger charge is 2.31. The molecule has 0 aliphatic carbocycles. The van der Waals surface area contributed by atoms with Crippen LogP contribution in [0.4, 0.5) is 0 Å². The number of hydrogen-bond donors (Lipinski definition) is 1. The largest absolute Gasteiger partial charge is 0.486 e. The third-order valence-electron chi connectivity index (χ3n) is 3.52. The van der Waals surface area contributed by atoms with Crippen LogP contribution < -0.4 is 15.2 Å². The Labute approximate surface area is 128 Å². The SMILES string of the molecule is CCCn1ncc(Cl)c1C(N)C1COc2ccccc2O1. The van der Waals surface area contributed by atoms with Gasteiger partial charge in [0.05, 0.1) is 23.0 Å². The van der Waals surface area contributed by atoms with Crippen LogP contribution in [0.2, 0.25) is 5.02 Å². The molecule has 0 saturated heterocycles. The Kier molecular flexibility index (Phi) is 4.03. The molecule has 2 aromatic rings. The van der Waals surface area contributed by atoms with Crippen LogP contribution in [0.3, 0.4) is 0 Å². The molecule has 2 N–H and O–H groups in total. The molecule has 1 aliphatic heterocycles. The van der Waals surface area contributed by atoms with Crippen molar-refractivity contribution in [3.05, 3.63) is 41.2 Å². The van der Waals surface area contributed by atoms with E-state index in [1.54, 1.807) is 6.20 Å². The van der Waals surface area contributed by atoms with Crippen molar-refractivity contribution in [3.8, 4) is 11.5 Å². The van der Waals surface area contributed by atoms with Gasteiger partial charge in [-0.05, 0) is 18.6 Å². The van der Waals surface area contributed by atoms with Crippen molar-refractivity contribution in [1.82, 2.24) is 9.78 Å². The maximum atomic E-state index is 6.35. The van der Waals surface area contributed by atoms with E-state index in [0.717, 1.165) is 24.4 Å². The number of fused-ring (bicyclic) bond motifs is 1. The Hall–Kier alpha value is -1.72. The Morgan fingerprint density at radius 1 is 1.43 bits per heavy atom. The van der Waals surface area contributed by atoms with Crippen LogP contribution in [0.15, 0.2) is 30.5 Å². The van der Waals surface area contributed by atoms with Crippen LogP contribution >= 0.6 is 11.6 Å². The summed E-state index contributed by atoms with van der Waals surface area (Å²) < 4.78 is 13.5. The van der Waals surface area contributed by atoms with Gasteiger partial charge in [0.15, 0.2) is 17.6 Å². The lowest BCUT2D eigenvalue weighted by molar-refractivity contribution is 0.0699. The molecule has 112 valence electrons. The second-order valence-corrected chi connectivity index (χ2v) is 5.45. The Morgan fingerprint density at radius 2 is 2.19 bits per heavy atom. The molecule has 2 heterocycles. The molecule has 3 rings (SSSR count). The van der Waals surface area contributed by atoms with E-state index in [2.05, 4.69) is 12.0 Å². The summed E-state index contributed by atoms with van der Waals surface area (Å²) in [6, 6.07) is 7.19. The molecular formula is C15H18ClN3O2. The third-order valence-corrected chi connectivity index (χ3v) is 3.81. The summed E-state index contributed by atoms with van der Waals surface area (Å²) in [4.78, 5) is 0. The van der Waals surface area contributed by atoms with Crippen LogP contribution in [0.5, 0.6) is 11.5 Å². The predicted molar refractivity (Wildman–Crippen MR) is 80.8 cm³/mol. The van der Waals surface area contributed by atoms with Crippen molar-refractivity contribution in [2.45, 2.75) is 32.0 Å². The van der Waals surface area contributed by atoms with E-state index in [-0.39, 0.29) is 12.1 Å². The number of halogens is 1. The molecule has 0 spiro atoms. The van der Waals surface area contributed by atoms with E-state index >= 15 is 0 Å². The molecule has 5 nitrogen and oxygen atoms in total. The third kappa shape index (κ3) is 2.71. The molecule has 6 heteroatoms. The quantitative estimate of drug-likeness (QED) is 0.943. The van der Waals surface area contributed by atoms with E-state index in [1.807, 2.05) is 28.9 Å². The number of nitrogens with two attached hydrogens (primary N) is 1. The number of ether oxygens (including phenoxy) is 2. The summed E-state index contributed by atoms with van der Waals surface area (Å²) >= 11 is 6.24. The number of hydrogen-bond acceptors (Lipinski definition) is 4. The van der Waals surface area contributed by atoms with E-state index in [9.17, 15) is 0 Å². The second-order valence-electron chi connectivity index (χ2n) is 5.04. The molecule has 1 aromatic heterocycles. The van der Waals surface area contributed by atoms with Gasteiger partial charge in [0.1, 0.15) is 6.61 Å². The zero-order chi connectivity index (χ0) is 14.8. The fourth-order valence-electron chi connectivity index (χ4n) is 2.48. The van der Waals surface area contributed by atoms with Crippen molar-refractivity contribution < 1.29 is 9.47 Å². The molecule has 0 fully saturated rings. The lowest BCUT2D eigenvalue weighted by Gasteiger charge is -2.30. The Balaban J connectivity index is 1.84. The number of rotatable bonds is 4. The zero-order valence-corrected chi connectivity index (χ0v) is 12.6. The molecule has 0 radical (unpaired) electrons. The van der Waals surface area contributed by atoms with Gasteiger partial charge in [-0.2, -0.15) is 5.10 Å². The summed E-state index contributed by atoms with van der Waals surface area (Å²) in [5.41, 5.74) is 7.15. The van der Waals surface area contributed by atoms with Gasteiger partial charge >= 0.3 is 0 Å². The van der Waals surface area contributed by atoms with Crippen molar-refractivity contribution in [3.63, 3.8) is 0 Å². The van der Waals surface area contributed by atoms with Crippen molar-refractivity contribution >= 4 is 11.6 Å². The molecule has 0 saturated carbocycles. The smallest absolute Gasteiger partial charge is 0.161 e. The first-order valence-corrected chi connectivity index (χ1v) is 7.43. The van der Waals surface area contributed by atoms with Crippen LogP contribution in [0.1, 0.15) is 25.1 Å². The first kappa shape index (κ1) is 14.2. The highest BCUT2D eigenvalue weighted by molar-refractivity contribution is 6.31. The lowest BCUT2D eigenvalue weighted by Crippen LogP contribution is -2.40. The molecule has 1 aromatic carbocycles. The molecule has 2 atom stereocenters. The van der Waals surface area contributed by atoms with Gasteiger partial charge in [0, 0.05) is 6.54 Å². The molecule has 0 amide bonds. The first-order chi connectivity index (χ1) is 10.2. The first-order valence-electron chi connectivity index (χ1n) is 7.06. The summed E-state index contributed by atoms with van der Waals surface area (Å²) in [5, 5.41) is 4.84. The average Bonchev–Trinajstić information content (AvgIpc) is 2.87. The van der Waals surface area contributed by atoms with Crippen molar-refractivity contribution in [2.75, 3.05) is 6.61 Å². The molecular weight excluding hydrogens is 290 g/mol. The molecule has 21 heavy (non-hydrogen) atoms. The van der Waals surface area contributed by atoms with Gasteiger partial charge in [-0.3, -0.25) is 4.68 Å². The van der Waals surface area contributed by atoms with Gasteiger partial charge in [-0.25, -0.2) is 0 Å².